The second-order valence-electron chi connectivity index (χ2n) is 2.26. The number of rotatable bonds is 1. The standard InChI is InChI=1S/C6H6ClNO3/c7-5-1-3-6(9,4-2-5)8(10)11/h1-3,9H,4H2. The molecule has 4 nitrogen and oxygen atoms in total. The summed E-state index contributed by atoms with van der Waals surface area (Å²) in [4.78, 5) is 9.47. The molecule has 1 aliphatic rings. The summed E-state index contributed by atoms with van der Waals surface area (Å²) in [5, 5.41) is 19.8. The average Bonchev–Trinajstić information content (AvgIpc) is 1.95. The number of nitrogens with zero attached hydrogens (tertiary/aromatic N) is 1. The van der Waals surface area contributed by atoms with E-state index in [1.165, 1.54) is 12.2 Å². The molecule has 0 aromatic heterocycles. The predicted molar refractivity (Wildman–Crippen MR) is 39.6 cm³/mol. The number of aliphatic hydroxyl groups is 1. The van der Waals surface area contributed by atoms with Gasteiger partial charge in [-0.25, -0.2) is 0 Å². The molecule has 0 aromatic rings. The molecule has 0 saturated heterocycles. The van der Waals surface area contributed by atoms with Gasteiger partial charge in [-0.15, -0.1) is 0 Å². The van der Waals surface area contributed by atoms with Gasteiger partial charge in [0.25, 0.3) is 0 Å². The van der Waals surface area contributed by atoms with E-state index in [9.17, 15) is 15.2 Å². The zero-order chi connectivity index (χ0) is 8.48. The lowest BCUT2D eigenvalue weighted by atomic mass is 10.1. The number of allylic oxidation sites excluding steroid dienone is 2. The van der Waals surface area contributed by atoms with Crippen molar-refractivity contribution in [1.82, 2.24) is 0 Å². The van der Waals surface area contributed by atoms with Crippen molar-refractivity contribution in [1.29, 1.82) is 0 Å². The fraction of sp³-hybridized carbons (Fsp3) is 0.333. The Balaban J connectivity index is 2.82. The van der Waals surface area contributed by atoms with Gasteiger partial charge in [0.15, 0.2) is 0 Å². The molecule has 1 unspecified atom stereocenters. The molecular weight excluding hydrogens is 170 g/mol. The molecule has 0 aliphatic heterocycles. The molecule has 0 fully saturated rings. The summed E-state index contributed by atoms with van der Waals surface area (Å²) >= 11 is 5.49. The maximum atomic E-state index is 10.2. The number of nitro groups is 1. The van der Waals surface area contributed by atoms with Crippen LogP contribution in [0.4, 0.5) is 0 Å². The summed E-state index contributed by atoms with van der Waals surface area (Å²) in [7, 11) is 0. The van der Waals surface area contributed by atoms with Crippen LogP contribution in [0.25, 0.3) is 0 Å². The highest BCUT2D eigenvalue weighted by Gasteiger charge is 2.37. The Morgan fingerprint density at radius 1 is 1.82 bits per heavy atom. The van der Waals surface area contributed by atoms with E-state index in [1.54, 1.807) is 0 Å². The van der Waals surface area contributed by atoms with E-state index in [4.69, 9.17) is 11.6 Å². The van der Waals surface area contributed by atoms with Gasteiger partial charge in [-0.05, 0) is 6.08 Å². The largest absolute Gasteiger partial charge is 0.345 e. The molecule has 0 amide bonds. The van der Waals surface area contributed by atoms with Crippen LogP contribution >= 0.6 is 11.6 Å². The Labute approximate surface area is 67.9 Å². The number of hydrogen-bond acceptors (Lipinski definition) is 3. The van der Waals surface area contributed by atoms with Gasteiger partial charge in [0.05, 0.1) is 11.3 Å². The smallest absolute Gasteiger partial charge is 0.327 e. The highest BCUT2D eigenvalue weighted by atomic mass is 35.5. The normalized spacial score (nSPS) is 29.8. The van der Waals surface area contributed by atoms with Crippen LogP contribution in [0.1, 0.15) is 6.42 Å². The van der Waals surface area contributed by atoms with Crippen LogP contribution in [-0.2, 0) is 0 Å². The van der Waals surface area contributed by atoms with Crippen LogP contribution in [0.5, 0.6) is 0 Å². The van der Waals surface area contributed by atoms with Crippen molar-refractivity contribution in [2.45, 2.75) is 12.1 Å². The van der Waals surface area contributed by atoms with E-state index in [0.717, 1.165) is 6.08 Å². The van der Waals surface area contributed by atoms with E-state index in [2.05, 4.69) is 0 Å². The molecule has 0 spiro atoms. The molecule has 0 bridgehead atoms. The van der Waals surface area contributed by atoms with Crippen LogP contribution < -0.4 is 0 Å². The maximum Gasteiger partial charge on any atom is 0.345 e. The first-order chi connectivity index (χ1) is 5.04. The Kier molecular flexibility index (Phi) is 1.97. The van der Waals surface area contributed by atoms with Crippen molar-refractivity contribution in [3.63, 3.8) is 0 Å². The van der Waals surface area contributed by atoms with Gasteiger partial charge in [0.1, 0.15) is 0 Å². The Morgan fingerprint density at radius 2 is 2.45 bits per heavy atom. The van der Waals surface area contributed by atoms with Gasteiger partial charge in [-0.3, -0.25) is 10.1 Å². The Morgan fingerprint density at radius 3 is 2.82 bits per heavy atom. The number of hydrogen-bond donors (Lipinski definition) is 1. The lowest BCUT2D eigenvalue weighted by Crippen LogP contribution is -2.36. The van der Waals surface area contributed by atoms with Crippen LogP contribution in [0, 0.1) is 10.1 Å². The Hall–Kier alpha value is -0.870. The Bertz CT molecular complexity index is 248. The van der Waals surface area contributed by atoms with Crippen LogP contribution in [0.15, 0.2) is 23.3 Å². The van der Waals surface area contributed by atoms with Crippen LogP contribution in [0.2, 0.25) is 0 Å². The lowest BCUT2D eigenvalue weighted by Gasteiger charge is -2.15. The second kappa shape index (κ2) is 2.64. The van der Waals surface area contributed by atoms with Crippen LogP contribution in [0.3, 0.4) is 0 Å². The lowest BCUT2D eigenvalue weighted by molar-refractivity contribution is -0.607. The summed E-state index contributed by atoms with van der Waals surface area (Å²) in [5.74, 6) is 0. The molecular formula is C6H6ClNO3. The van der Waals surface area contributed by atoms with Gasteiger partial charge in [-0.1, -0.05) is 17.7 Å². The van der Waals surface area contributed by atoms with Gasteiger partial charge in [0.2, 0.25) is 0 Å². The topological polar surface area (TPSA) is 63.4 Å². The molecule has 1 rings (SSSR count). The predicted octanol–water partition coefficient (Wildman–Crippen LogP) is 1.03. The fourth-order valence-corrected chi connectivity index (χ4v) is 0.872. The van der Waals surface area contributed by atoms with E-state index in [-0.39, 0.29) is 6.42 Å². The van der Waals surface area contributed by atoms with Crippen molar-refractivity contribution < 1.29 is 10.0 Å². The summed E-state index contributed by atoms with van der Waals surface area (Å²) in [6, 6.07) is 0. The minimum atomic E-state index is -1.96. The third-order valence-corrected chi connectivity index (χ3v) is 1.70. The molecule has 0 radical (unpaired) electrons. The van der Waals surface area contributed by atoms with E-state index >= 15 is 0 Å². The molecule has 0 heterocycles. The molecule has 1 atom stereocenters. The first-order valence-electron chi connectivity index (χ1n) is 2.96. The molecule has 11 heavy (non-hydrogen) atoms. The quantitative estimate of drug-likeness (QED) is 0.368. The summed E-state index contributed by atoms with van der Waals surface area (Å²) in [6.45, 7) is 0. The monoisotopic (exact) mass is 175 g/mol. The molecule has 0 aromatic carbocycles. The maximum absolute atomic E-state index is 10.2. The van der Waals surface area contributed by atoms with Crippen LogP contribution in [-0.4, -0.2) is 15.8 Å². The number of halogens is 1. The highest BCUT2D eigenvalue weighted by Crippen LogP contribution is 2.22. The summed E-state index contributed by atoms with van der Waals surface area (Å²) in [5.41, 5.74) is -1.96. The fourth-order valence-electron chi connectivity index (χ4n) is 0.732. The molecule has 60 valence electrons. The van der Waals surface area contributed by atoms with Gasteiger partial charge >= 0.3 is 5.72 Å². The third-order valence-electron chi connectivity index (χ3n) is 1.42. The van der Waals surface area contributed by atoms with Crippen molar-refractivity contribution in [3.05, 3.63) is 33.4 Å². The summed E-state index contributed by atoms with van der Waals surface area (Å²) in [6.07, 6.45) is 3.73. The van der Waals surface area contributed by atoms with Crippen molar-refractivity contribution >= 4 is 11.6 Å². The first-order valence-corrected chi connectivity index (χ1v) is 3.34. The second-order valence-corrected chi connectivity index (χ2v) is 2.70. The van der Waals surface area contributed by atoms with E-state index in [0.29, 0.717) is 5.03 Å². The zero-order valence-corrected chi connectivity index (χ0v) is 6.28. The van der Waals surface area contributed by atoms with Gasteiger partial charge < -0.3 is 5.11 Å². The van der Waals surface area contributed by atoms with Crippen molar-refractivity contribution in [2.75, 3.05) is 0 Å². The molecule has 1 aliphatic carbocycles. The van der Waals surface area contributed by atoms with Gasteiger partial charge in [0, 0.05) is 11.1 Å². The van der Waals surface area contributed by atoms with Crippen molar-refractivity contribution in [2.24, 2.45) is 0 Å². The van der Waals surface area contributed by atoms with E-state index < -0.39 is 10.6 Å². The minimum absolute atomic E-state index is 0.0741. The minimum Gasteiger partial charge on any atom is -0.327 e. The third kappa shape index (κ3) is 1.58. The van der Waals surface area contributed by atoms with Gasteiger partial charge in [-0.2, -0.15) is 0 Å². The van der Waals surface area contributed by atoms with E-state index in [1.807, 2.05) is 0 Å². The summed E-state index contributed by atoms with van der Waals surface area (Å²) < 4.78 is 0. The average molecular weight is 176 g/mol. The SMILES string of the molecule is O=[N+]([O-])C1(O)C=CC(Cl)=CC1. The highest BCUT2D eigenvalue weighted by molar-refractivity contribution is 6.31. The molecule has 0 saturated carbocycles. The van der Waals surface area contributed by atoms with Crippen molar-refractivity contribution in [3.8, 4) is 0 Å². The first kappa shape index (κ1) is 8.23. The zero-order valence-electron chi connectivity index (χ0n) is 5.53. The molecule has 1 N–H and O–H groups in total. The molecule has 5 heteroatoms.